The van der Waals surface area contributed by atoms with Crippen molar-refractivity contribution in [3.63, 3.8) is 0 Å². The number of aryl methyl sites for hydroxylation is 2. The quantitative estimate of drug-likeness (QED) is 0.895. The van der Waals surface area contributed by atoms with Crippen LogP contribution in [0.5, 0.6) is 0 Å². The van der Waals surface area contributed by atoms with Gasteiger partial charge < -0.3 is 10.6 Å². The Kier molecular flexibility index (Phi) is 4.69. The number of amides is 3. The van der Waals surface area contributed by atoms with E-state index in [1.54, 1.807) is 47.9 Å². The van der Waals surface area contributed by atoms with Gasteiger partial charge in [-0.15, -0.1) is 0 Å². The zero-order valence-corrected chi connectivity index (χ0v) is 14.1. The molecule has 0 saturated carbocycles. The first-order valence-electron chi connectivity index (χ1n) is 8.09. The lowest BCUT2D eigenvalue weighted by Gasteiger charge is -2.31. The second kappa shape index (κ2) is 6.92. The summed E-state index contributed by atoms with van der Waals surface area (Å²) in [4.78, 5) is 26.4. The van der Waals surface area contributed by atoms with Gasteiger partial charge in [0.25, 0.3) is 5.91 Å². The molecular formula is C17H20FN5O2. The highest BCUT2D eigenvalue weighted by atomic mass is 19.1. The van der Waals surface area contributed by atoms with Crippen molar-refractivity contribution in [1.29, 1.82) is 0 Å². The van der Waals surface area contributed by atoms with Gasteiger partial charge in [0.05, 0.1) is 5.69 Å². The van der Waals surface area contributed by atoms with Crippen LogP contribution < -0.4 is 15.5 Å². The highest BCUT2D eigenvalue weighted by Crippen LogP contribution is 2.21. The van der Waals surface area contributed by atoms with Crippen molar-refractivity contribution in [3.8, 4) is 0 Å². The van der Waals surface area contributed by atoms with E-state index in [0.717, 1.165) is 6.42 Å². The van der Waals surface area contributed by atoms with Gasteiger partial charge >= 0.3 is 6.03 Å². The molecular weight excluding hydrogens is 325 g/mol. The highest BCUT2D eigenvalue weighted by molar-refractivity contribution is 6.01. The molecule has 2 heterocycles. The number of halogens is 1. The maximum atomic E-state index is 13.8. The van der Waals surface area contributed by atoms with Crippen LogP contribution in [0.1, 0.15) is 18.4 Å². The molecule has 2 N–H and O–H groups in total. The van der Waals surface area contributed by atoms with Crippen LogP contribution in [0.2, 0.25) is 0 Å². The summed E-state index contributed by atoms with van der Waals surface area (Å²) in [6, 6.07) is 5.04. The zero-order chi connectivity index (χ0) is 18.0. The third-order valence-electron chi connectivity index (χ3n) is 4.18. The van der Waals surface area contributed by atoms with Crippen molar-refractivity contribution in [3.05, 3.63) is 41.8 Å². The van der Waals surface area contributed by atoms with Crippen LogP contribution in [0.15, 0.2) is 30.5 Å². The maximum absolute atomic E-state index is 13.8. The summed E-state index contributed by atoms with van der Waals surface area (Å²) in [6.45, 7) is 2.26. The molecule has 7 nitrogen and oxygen atoms in total. The SMILES string of the molecule is Cc1cccc(F)c1NC(=O)NC1CCCN(c2ccn(C)n2)C1=O. The lowest BCUT2D eigenvalue weighted by atomic mass is 10.1. The number of carbonyl (C=O) groups excluding carboxylic acids is 2. The second-order valence-electron chi connectivity index (χ2n) is 6.06. The van der Waals surface area contributed by atoms with Crippen LogP contribution in [0.3, 0.4) is 0 Å². The van der Waals surface area contributed by atoms with Crippen molar-refractivity contribution in [1.82, 2.24) is 15.1 Å². The molecule has 8 heteroatoms. The van der Waals surface area contributed by atoms with Crippen molar-refractivity contribution in [2.45, 2.75) is 25.8 Å². The number of hydrogen-bond acceptors (Lipinski definition) is 3. The van der Waals surface area contributed by atoms with Crippen LogP contribution in [-0.4, -0.2) is 34.3 Å². The Morgan fingerprint density at radius 3 is 2.84 bits per heavy atom. The van der Waals surface area contributed by atoms with E-state index in [1.807, 2.05) is 0 Å². The van der Waals surface area contributed by atoms with Gasteiger partial charge in [0.15, 0.2) is 5.82 Å². The van der Waals surface area contributed by atoms with E-state index in [1.165, 1.54) is 6.07 Å². The predicted octanol–water partition coefficient (Wildman–Crippen LogP) is 2.18. The fourth-order valence-corrected chi connectivity index (χ4v) is 2.88. The summed E-state index contributed by atoms with van der Waals surface area (Å²) in [5.41, 5.74) is 0.727. The van der Waals surface area contributed by atoms with Crippen LogP contribution in [0.4, 0.5) is 20.7 Å². The molecule has 0 aliphatic carbocycles. The number of urea groups is 1. The van der Waals surface area contributed by atoms with Gasteiger partial charge in [-0.2, -0.15) is 5.10 Å². The van der Waals surface area contributed by atoms with Crippen molar-refractivity contribution in [2.75, 3.05) is 16.8 Å². The Balaban J connectivity index is 1.67. The summed E-state index contributed by atoms with van der Waals surface area (Å²) in [6.07, 6.45) is 3.03. The van der Waals surface area contributed by atoms with Crippen LogP contribution >= 0.6 is 0 Å². The normalized spacial score (nSPS) is 17.5. The average molecular weight is 345 g/mol. The third kappa shape index (κ3) is 3.62. The molecule has 3 amide bonds. The van der Waals surface area contributed by atoms with Crippen LogP contribution in [0, 0.1) is 12.7 Å². The fourth-order valence-electron chi connectivity index (χ4n) is 2.88. The zero-order valence-electron chi connectivity index (χ0n) is 14.1. The molecule has 0 bridgehead atoms. The van der Waals surface area contributed by atoms with Crippen molar-refractivity contribution in [2.24, 2.45) is 7.05 Å². The summed E-state index contributed by atoms with van der Waals surface area (Å²) >= 11 is 0. The Morgan fingerprint density at radius 2 is 2.16 bits per heavy atom. The van der Waals surface area contributed by atoms with Gasteiger partial charge in [0.2, 0.25) is 0 Å². The standard InChI is InChI=1S/C17H20FN5O2/c1-11-5-3-6-12(18)15(11)20-17(25)19-13-7-4-9-23(16(13)24)14-8-10-22(2)21-14/h3,5-6,8,10,13H,4,7,9H2,1-2H3,(H2,19,20,25). The lowest BCUT2D eigenvalue weighted by molar-refractivity contribution is -0.121. The minimum absolute atomic E-state index is 0.116. The van der Waals surface area contributed by atoms with E-state index in [9.17, 15) is 14.0 Å². The van der Waals surface area contributed by atoms with Gasteiger partial charge in [-0.1, -0.05) is 12.1 Å². The third-order valence-corrected chi connectivity index (χ3v) is 4.18. The minimum atomic E-state index is -0.664. The summed E-state index contributed by atoms with van der Waals surface area (Å²) in [7, 11) is 1.78. The largest absolute Gasteiger partial charge is 0.326 e. The van der Waals surface area contributed by atoms with E-state index < -0.39 is 17.9 Å². The Morgan fingerprint density at radius 1 is 1.36 bits per heavy atom. The summed E-state index contributed by atoms with van der Waals surface area (Å²) < 4.78 is 15.4. The van der Waals surface area contributed by atoms with Gasteiger partial charge in [-0.25, -0.2) is 9.18 Å². The number of aromatic nitrogens is 2. The molecule has 1 unspecified atom stereocenters. The van der Waals surface area contributed by atoms with Gasteiger partial charge in [-0.05, 0) is 31.4 Å². The molecule has 1 aromatic heterocycles. The Labute approximate surface area is 144 Å². The van der Waals surface area contributed by atoms with Gasteiger partial charge in [0.1, 0.15) is 11.9 Å². The first-order chi connectivity index (χ1) is 12.0. The number of rotatable bonds is 3. The predicted molar refractivity (Wildman–Crippen MR) is 91.9 cm³/mol. The van der Waals surface area contributed by atoms with Gasteiger partial charge in [-0.3, -0.25) is 14.4 Å². The van der Waals surface area contributed by atoms with Crippen LogP contribution in [0.25, 0.3) is 0 Å². The van der Waals surface area contributed by atoms with E-state index in [4.69, 9.17) is 0 Å². The van der Waals surface area contributed by atoms with E-state index in [0.29, 0.717) is 24.3 Å². The number of nitrogens with zero attached hydrogens (tertiary/aromatic N) is 3. The van der Waals surface area contributed by atoms with Gasteiger partial charge in [0, 0.05) is 25.9 Å². The van der Waals surface area contributed by atoms with Crippen molar-refractivity contribution < 1.29 is 14.0 Å². The monoisotopic (exact) mass is 345 g/mol. The van der Waals surface area contributed by atoms with E-state index in [-0.39, 0.29) is 11.6 Å². The summed E-state index contributed by atoms with van der Waals surface area (Å²) in [5, 5.41) is 9.36. The first-order valence-corrected chi connectivity index (χ1v) is 8.09. The maximum Gasteiger partial charge on any atom is 0.319 e. The molecule has 1 aromatic carbocycles. The molecule has 2 aromatic rings. The Bertz CT molecular complexity index is 784. The summed E-state index contributed by atoms with van der Waals surface area (Å²) in [5.74, 6) is -0.171. The Hall–Kier alpha value is -2.90. The number of piperidine rings is 1. The first kappa shape index (κ1) is 16.9. The molecule has 0 spiro atoms. The van der Waals surface area contributed by atoms with Crippen molar-refractivity contribution >= 4 is 23.4 Å². The molecule has 1 aliphatic rings. The fraction of sp³-hybridized carbons (Fsp3) is 0.353. The topological polar surface area (TPSA) is 79.3 Å². The van der Waals surface area contributed by atoms with E-state index in [2.05, 4.69) is 15.7 Å². The molecule has 0 radical (unpaired) electrons. The minimum Gasteiger partial charge on any atom is -0.326 e. The number of para-hydroxylation sites is 1. The number of hydrogen-bond donors (Lipinski definition) is 2. The van der Waals surface area contributed by atoms with Crippen LogP contribution in [-0.2, 0) is 11.8 Å². The molecule has 1 fully saturated rings. The highest BCUT2D eigenvalue weighted by Gasteiger charge is 2.32. The van der Waals surface area contributed by atoms with E-state index >= 15 is 0 Å². The molecule has 1 aliphatic heterocycles. The molecule has 132 valence electrons. The smallest absolute Gasteiger partial charge is 0.319 e. The molecule has 3 rings (SSSR count). The number of benzene rings is 1. The number of nitrogens with one attached hydrogen (secondary N) is 2. The second-order valence-corrected chi connectivity index (χ2v) is 6.06. The molecule has 1 saturated heterocycles. The molecule has 25 heavy (non-hydrogen) atoms. The molecule has 1 atom stereocenters. The average Bonchev–Trinajstić information content (AvgIpc) is 2.99. The number of anilines is 2. The lowest BCUT2D eigenvalue weighted by Crippen LogP contribution is -2.53. The number of carbonyl (C=O) groups is 2.